The van der Waals surface area contributed by atoms with E-state index in [1.54, 1.807) is 0 Å². The fourth-order valence-corrected chi connectivity index (χ4v) is 3.51. The van der Waals surface area contributed by atoms with Gasteiger partial charge in [0.05, 0.1) is 0 Å². The maximum atomic E-state index is 4.55. The number of benzene rings is 2. The van der Waals surface area contributed by atoms with Crippen LogP contribution in [0.1, 0.15) is 35.2 Å². The third kappa shape index (κ3) is 7.42. The summed E-state index contributed by atoms with van der Waals surface area (Å²) in [6.45, 7) is 0. The molecule has 0 atom stereocenters. The second kappa shape index (κ2) is 11.9. The molecule has 2 aromatic carbocycles. The van der Waals surface area contributed by atoms with Crippen molar-refractivity contribution in [3.8, 4) is 0 Å². The van der Waals surface area contributed by atoms with Crippen LogP contribution in [0.2, 0.25) is 0 Å². The van der Waals surface area contributed by atoms with E-state index in [0.29, 0.717) is 0 Å². The lowest BCUT2D eigenvalue weighted by Gasteiger charge is -2.11. The predicted octanol–water partition coefficient (Wildman–Crippen LogP) is 6.51. The van der Waals surface area contributed by atoms with Crippen molar-refractivity contribution in [2.24, 2.45) is 0 Å². The molecular weight excluding hydrogens is 390 g/mol. The maximum Gasteiger partial charge on any atom is 0.0409 e. The number of aryl methyl sites for hydroxylation is 2. The SMILES string of the molecule is CN(C)c1ccc(C=CCCc2ccnc(CCC=Cc3ccc(N(C)C)cc3)c2)cc1. The summed E-state index contributed by atoms with van der Waals surface area (Å²) in [5.74, 6) is 0. The number of rotatable bonds is 10. The number of anilines is 2. The first-order valence-electron chi connectivity index (χ1n) is 11.3. The molecule has 0 aliphatic heterocycles. The quantitative estimate of drug-likeness (QED) is 0.369. The zero-order valence-corrected chi connectivity index (χ0v) is 19.8. The summed E-state index contributed by atoms with van der Waals surface area (Å²) in [5.41, 5.74) is 7.45. The molecule has 0 amide bonds. The van der Waals surface area contributed by atoms with E-state index in [0.717, 1.165) is 25.7 Å². The first-order valence-corrected chi connectivity index (χ1v) is 11.3. The third-order valence-corrected chi connectivity index (χ3v) is 5.49. The van der Waals surface area contributed by atoms with Gasteiger partial charge in [0.15, 0.2) is 0 Å². The zero-order valence-electron chi connectivity index (χ0n) is 19.8. The van der Waals surface area contributed by atoms with Crippen LogP contribution in [-0.2, 0) is 12.8 Å². The fourth-order valence-electron chi connectivity index (χ4n) is 3.51. The Morgan fingerprint density at radius 3 is 1.66 bits per heavy atom. The Morgan fingerprint density at radius 1 is 0.656 bits per heavy atom. The largest absolute Gasteiger partial charge is 0.378 e. The molecule has 0 unspecified atom stereocenters. The van der Waals surface area contributed by atoms with E-state index in [4.69, 9.17) is 0 Å². The fraction of sp³-hybridized carbons (Fsp3) is 0.276. The van der Waals surface area contributed by atoms with Crippen LogP contribution in [0.25, 0.3) is 12.2 Å². The lowest BCUT2D eigenvalue weighted by atomic mass is 10.1. The summed E-state index contributed by atoms with van der Waals surface area (Å²) in [6.07, 6.45) is 14.9. The highest BCUT2D eigenvalue weighted by molar-refractivity contribution is 5.56. The molecule has 0 aliphatic rings. The third-order valence-electron chi connectivity index (χ3n) is 5.49. The van der Waals surface area contributed by atoms with Gasteiger partial charge in [-0.05, 0) is 78.8 Å². The normalized spacial score (nSPS) is 11.4. The minimum Gasteiger partial charge on any atom is -0.378 e. The van der Waals surface area contributed by atoms with E-state index < -0.39 is 0 Å². The smallest absolute Gasteiger partial charge is 0.0409 e. The molecule has 3 heteroatoms. The maximum absolute atomic E-state index is 4.55. The summed E-state index contributed by atoms with van der Waals surface area (Å²) >= 11 is 0. The second-order valence-corrected chi connectivity index (χ2v) is 8.51. The van der Waals surface area contributed by atoms with E-state index in [2.05, 4.69) is 128 Å². The van der Waals surface area contributed by atoms with Gasteiger partial charge < -0.3 is 9.80 Å². The van der Waals surface area contributed by atoms with Crippen molar-refractivity contribution in [3.63, 3.8) is 0 Å². The topological polar surface area (TPSA) is 19.4 Å². The van der Waals surface area contributed by atoms with Crippen LogP contribution < -0.4 is 9.80 Å². The van der Waals surface area contributed by atoms with Gasteiger partial charge in [0.2, 0.25) is 0 Å². The van der Waals surface area contributed by atoms with E-state index in [1.807, 2.05) is 6.20 Å². The van der Waals surface area contributed by atoms with E-state index in [9.17, 15) is 0 Å². The Labute approximate surface area is 193 Å². The molecule has 0 saturated heterocycles. The highest BCUT2D eigenvalue weighted by Crippen LogP contribution is 2.15. The lowest BCUT2D eigenvalue weighted by molar-refractivity contribution is 0.922. The average Bonchev–Trinajstić information content (AvgIpc) is 2.80. The Bertz CT molecular complexity index is 932. The van der Waals surface area contributed by atoms with Crippen molar-refractivity contribution in [2.75, 3.05) is 38.0 Å². The van der Waals surface area contributed by atoms with E-state index in [-0.39, 0.29) is 0 Å². The molecular formula is C29H35N3. The summed E-state index contributed by atoms with van der Waals surface area (Å²) < 4.78 is 0. The highest BCUT2D eigenvalue weighted by atomic mass is 15.1. The van der Waals surface area contributed by atoms with Gasteiger partial charge >= 0.3 is 0 Å². The summed E-state index contributed by atoms with van der Waals surface area (Å²) in [7, 11) is 8.25. The second-order valence-electron chi connectivity index (χ2n) is 8.51. The minimum absolute atomic E-state index is 0.966. The van der Waals surface area contributed by atoms with E-state index >= 15 is 0 Å². The van der Waals surface area contributed by atoms with Gasteiger partial charge in [0.25, 0.3) is 0 Å². The molecule has 166 valence electrons. The average molecular weight is 426 g/mol. The number of nitrogens with zero attached hydrogens (tertiary/aromatic N) is 3. The molecule has 0 N–H and O–H groups in total. The number of pyridine rings is 1. The van der Waals surface area contributed by atoms with Crippen LogP contribution in [-0.4, -0.2) is 33.2 Å². The van der Waals surface area contributed by atoms with Gasteiger partial charge in [0, 0.05) is 51.5 Å². The molecule has 0 bridgehead atoms. The van der Waals surface area contributed by atoms with Crippen LogP contribution >= 0.6 is 0 Å². The van der Waals surface area contributed by atoms with Crippen molar-refractivity contribution >= 4 is 23.5 Å². The molecule has 1 heterocycles. The Hall–Kier alpha value is -3.33. The van der Waals surface area contributed by atoms with Crippen LogP contribution in [0.5, 0.6) is 0 Å². The zero-order chi connectivity index (χ0) is 22.8. The van der Waals surface area contributed by atoms with Gasteiger partial charge in [-0.25, -0.2) is 0 Å². The number of allylic oxidation sites excluding steroid dienone is 2. The van der Waals surface area contributed by atoms with Gasteiger partial charge in [-0.1, -0.05) is 48.6 Å². The monoisotopic (exact) mass is 425 g/mol. The van der Waals surface area contributed by atoms with Crippen molar-refractivity contribution in [2.45, 2.75) is 25.7 Å². The van der Waals surface area contributed by atoms with Crippen molar-refractivity contribution in [3.05, 3.63) is 101 Å². The molecule has 3 rings (SSSR count). The van der Waals surface area contributed by atoms with Gasteiger partial charge in [-0.15, -0.1) is 0 Å². The molecule has 0 saturated carbocycles. The lowest BCUT2D eigenvalue weighted by Crippen LogP contribution is -2.07. The molecule has 0 fully saturated rings. The van der Waals surface area contributed by atoms with Crippen molar-refractivity contribution < 1.29 is 0 Å². The van der Waals surface area contributed by atoms with Crippen molar-refractivity contribution in [1.82, 2.24) is 4.98 Å². The predicted molar refractivity (Wildman–Crippen MR) is 140 cm³/mol. The summed E-state index contributed by atoms with van der Waals surface area (Å²) in [4.78, 5) is 8.79. The molecule has 3 aromatic rings. The first-order chi connectivity index (χ1) is 15.5. The molecule has 1 aromatic heterocycles. The molecule has 0 radical (unpaired) electrons. The standard InChI is InChI=1S/C29H35N3/c1-31(2)28-17-13-24(14-18-28)9-5-6-11-26-21-22-30-27(23-26)12-8-7-10-25-15-19-29(20-16-25)32(3)4/h5,7,9-10,13-23H,6,8,11-12H2,1-4H3. The van der Waals surface area contributed by atoms with Gasteiger partial charge in [0.1, 0.15) is 0 Å². The Morgan fingerprint density at radius 2 is 1.16 bits per heavy atom. The molecule has 32 heavy (non-hydrogen) atoms. The summed E-state index contributed by atoms with van der Waals surface area (Å²) in [6, 6.07) is 21.6. The molecule has 0 aliphatic carbocycles. The number of hydrogen-bond donors (Lipinski definition) is 0. The van der Waals surface area contributed by atoms with Crippen LogP contribution in [0, 0.1) is 0 Å². The number of hydrogen-bond acceptors (Lipinski definition) is 3. The van der Waals surface area contributed by atoms with Crippen LogP contribution in [0.4, 0.5) is 11.4 Å². The van der Waals surface area contributed by atoms with Crippen LogP contribution in [0.3, 0.4) is 0 Å². The van der Waals surface area contributed by atoms with E-state index in [1.165, 1.54) is 33.8 Å². The van der Waals surface area contributed by atoms with Gasteiger partial charge in [-0.3, -0.25) is 4.98 Å². The minimum atomic E-state index is 0.966. The Balaban J connectivity index is 1.44. The highest BCUT2D eigenvalue weighted by Gasteiger charge is 1.98. The molecule has 3 nitrogen and oxygen atoms in total. The van der Waals surface area contributed by atoms with Gasteiger partial charge in [-0.2, -0.15) is 0 Å². The Kier molecular flexibility index (Phi) is 8.68. The van der Waals surface area contributed by atoms with Crippen LogP contribution in [0.15, 0.2) is 79.0 Å². The number of aromatic nitrogens is 1. The first kappa shape index (κ1) is 23.3. The molecule has 0 spiro atoms. The summed E-state index contributed by atoms with van der Waals surface area (Å²) in [5, 5.41) is 0. The van der Waals surface area contributed by atoms with Crippen molar-refractivity contribution in [1.29, 1.82) is 0 Å².